The van der Waals surface area contributed by atoms with Gasteiger partial charge in [-0.3, -0.25) is 0 Å². The summed E-state index contributed by atoms with van der Waals surface area (Å²) < 4.78 is 6.17. The molecular formula is C6H10N4O3. The number of rotatable bonds is 4. The first-order valence-electron chi connectivity index (χ1n) is 3.66. The summed E-state index contributed by atoms with van der Waals surface area (Å²) in [6.45, 7) is 2.43. The van der Waals surface area contributed by atoms with E-state index in [2.05, 4.69) is 10.3 Å². The predicted molar refractivity (Wildman–Crippen MR) is 43.0 cm³/mol. The van der Waals surface area contributed by atoms with Gasteiger partial charge in [-0.1, -0.05) is 5.21 Å². The van der Waals surface area contributed by atoms with Crippen molar-refractivity contribution in [2.45, 2.75) is 13.7 Å². The fourth-order valence-electron chi connectivity index (χ4n) is 0.746. The van der Waals surface area contributed by atoms with Crippen LogP contribution in [-0.4, -0.2) is 32.7 Å². The van der Waals surface area contributed by atoms with Gasteiger partial charge in [-0.05, 0) is 6.92 Å². The van der Waals surface area contributed by atoms with Gasteiger partial charge in [-0.25, -0.2) is 9.48 Å². The fourth-order valence-corrected chi connectivity index (χ4v) is 0.746. The molecule has 1 aromatic rings. The van der Waals surface area contributed by atoms with Crippen molar-refractivity contribution in [3.63, 3.8) is 0 Å². The standard InChI is InChI=1S/C6H10N4O3/c1-2-13-3-10-5(7)4(6(11)12)8-9-10/h2-3,7H2,1H3,(H,11,12). The van der Waals surface area contributed by atoms with Gasteiger partial charge in [0.25, 0.3) is 0 Å². The zero-order valence-corrected chi connectivity index (χ0v) is 7.10. The molecular weight excluding hydrogens is 176 g/mol. The Morgan fingerprint density at radius 3 is 2.92 bits per heavy atom. The highest BCUT2D eigenvalue weighted by Crippen LogP contribution is 2.06. The molecule has 0 aliphatic rings. The van der Waals surface area contributed by atoms with E-state index in [4.69, 9.17) is 15.6 Å². The first-order chi connectivity index (χ1) is 6.16. The van der Waals surface area contributed by atoms with Crippen molar-refractivity contribution < 1.29 is 14.6 Å². The minimum atomic E-state index is -1.19. The Bertz CT molecular complexity index is 309. The molecule has 0 atom stereocenters. The van der Waals surface area contributed by atoms with Crippen LogP contribution >= 0.6 is 0 Å². The molecule has 0 fully saturated rings. The molecule has 7 nitrogen and oxygen atoms in total. The van der Waals surface area contributed by atoms with E-state index in [0.29, 0.717) is 6.61 Å². The van der Waals surface area contributed by atoms with E-state index in [1.54, 1.807) is 0 Å². The average Bonchev–Trinajstić information content (AvgIpc) is 2.43. The lowest BCUT2D eigenvalue weighted by atomic mass is 10.4. The number of carboxylic acids is 1. The minimum Gasteiger partial charge on any atom is -0.476 e. The van der Waals surface area contributed by atoms with Gasteiger partial charge in [0.1, 0.15) is 6.73 Å². The first kappa shape index (κ1) is 9.46. The second-order valence-corrected chi connectivity index (χ2v) is 2.25. The summed E-state index contributed by atoms with van der Waals surface area (Å²) >= 11 is 0. The van der Waals surface area contributed by atoms with Crippen LogP contribution in [0.3, 0.4) is 0 Å². The molecule has 7 heteroatoms. The molecule has 0 aliphatic heterocycles. The smallest absolute Gasteiger partial charge is 0.360 e. The van der Waals surface area contributed by atoms with Crippen LogP contribution in [0.25, 0.3) is 0 Å². The fraction of sp³-hybridized carbons (Fsp3) is 0.500. The molecule has 0 amide bonds. The van der Waals surface area contributed by atoms with E-state index >= 15 is 0 Å². The zero-order chi connectivity index (χ0) is 9.84. The predicted octanol–water partition coefficient (Wildman–Crippen LogP) is -0.447. The maximum atomic E-state index is 10.5. The van der Waals surface area contributed by atoms with Crippen molar-refractivity contribution in [1.29, 1.82) is 0 Å². The van der Waals surface area contributed by atoms with Crippen molar-refractivity contribution in [3.8, 4) is 0 Å². The van der Waals surface area contributed by atoms with Crippen LogP contribution in [0.15, 0.2) is 0 Å². The summed E-state index contributed by atoms with van der Waals surface area (Å²) in [5.41, 5.74) is 5.17. The van der Waals surface area contributed by atoms with E-state index in [-0.39, 0.29) is 18.2 Å². The van der Waals surface area contributed by atoms with E-state index < -0.39 is 5.97 Å². The molecule has 3 N–H and O–H groups in total. The Morgan fingerprint density at radius 2 is 2.46 bits per heavy atom. The van der Waals surface area contributed by atoms with Gasteiger partial charge in [0.15, 0.2) is 5.82 Å². The van der Waals surface area contributed by atoms with Crippen LogP contribution in [0.2, 0.25) is 0 Å². The number of nitrogens with zero attached hydrogens (tertiary/aromatic N) is 3. The lowest BCUT2D eigenvalue weighted by molar-refractivity contribution is 0.0691. The van der Waals surface area contributed by atoms with Crippen molar-refractivity contribution in [1.82, 2.24) is 15.0 Å². The Labute approximate surface area is 74.1 Å². The Morgan fingerprint density at radius 1 is 1.77 bits per heavy atom. The molecule has 0 aliphatic carbocycles. The number of nitrogens with two attached hydrogens (primary N) is 1. The molecule has 1 rings (SSSR count). The van der Waals surface area contributed by atoms with Gasteiger partial charge in [-0.15, -0.1) is 5.10 Å². The second-order valence-electron chi connectivity index (χ2n) is 2.25. The maximum Gasteiger partial charge on any atom is 0.360 e. The summed E-state index contributed by atoms with van der Waals surface area (Å²) in [4.78, 5) is 10.5. The first-order valence-corrected chi connectivity index (χ1v) is 3.66. The summed E-state index contributed by atoms with van der Waals surface area (Å²) in [6, 6.07) is 0. The molecule has 0 radical (unpaired) electrons. The maximum absolute atomic E-state index is 10.5. The molecule has 0 spiro atoms. The quantitative estimate of drug-likeness (QED) is 0.660. The molecule has 1 heterocycles. The van der Waals surface area contributed by atoms with Crippen LogP contribution < -0.4 is 5.73 Å². The highest BCUT2D eigenvalue weighted by atomic mass is 16.5. The lowest BCUT2D eigenvalue weighted by Gasteiger charge is -2.01. The monoisotopic (exact) mass is 186 g/mol. The topological polar surface area (TPSA) is 103 Å². The van der Waals surface area contributed by atoms with Gasteiger partial charge < -0.3 is 15.6 Å². The summed E-state index contributed by atoms with van der Waals surface area (Å²) in [5.74, 6) is -1.19. The van der Waals surface area contributed by atoms with Crippen molar-refractivity contribution in [2.75, 3.05) is 12.3 Å². The molecule has 0 bridgehead atoms. The number of anilines is 1. The van der Waals surface area contributed by atoms with Crippen LogP contribution in [0.4, 0.5) is 5.82 Å². The van der Waals surface area contributed by atoms with Crippen molar-refractivity contribution in [2.24, 2.45) is 0 Å². The number of hydrogen-bond acceptors (Lipinski definition) is 5. The lowest BCUT2D eigenvalue weighted by Crippen LogP contribution is -2.09. The third-order valence-electron chi connectivity index (χ3n) is 1.39. The van der Waals surface area contributed by atoms with Crippen molar-refractivity contribution >= 4 is 11.8 Å². The normalized spacial score (nSPS) is 10.2. The summed E-state index contributed by atoms with van der Waals surface area (Å²) in [7, 11) is 0. The molecule has 1 aromatic heterocycles. The van der Waals surface area contributed by atoms with Crippen LogP contribution in [-0.2, 0) is 11.5 Å². The van der Waals surface area contributed by atoms with E-state index in [1.807, 2.05) is 6.92 Å². The highest BCUT2D eigenvalue weighted by molar-refractivity contribution is 5.90. The molecule has 0 aromatic carbocycles. The van der Waals surface area contributed by atoms with Gasteiger partial charge in [0.05, 0.1) is 0 Å². The number of ether oxygens (including phenoxy) is 1. The number of aromatic carboxylic acids is 1. The number of carboxylic acid groups (broad SMARTS) is 1. The molecule has 0 unspecified atom stereocenters. The minimum absolute atomic E-state index is 0.000880. The number of nitrogen functional groups attached to an aromatic ring is 1. The van der Waals surface area contributed by atoms with E-state index in [9.17, 15) is 4.79 Å². The molecule has 72 valence electrons. The van der Waals surface area contributed by atoms with Gasteiger partial charge in [0.2, 0.25) is 5.69 Å². The molecule has 13 heavy (non-hydrogen) atoms. The second kappa shape index (κ2) is 3.85. The van der Waals surface area contributed by atoms with E-state index in [0.717, 1.165) is 0 Å². The number of aromatic nitrogens is 3. The van der Waals surface area contributed by atoms with E-state index in [1.165, 1.54) is 4.68 Å². The van der Waals surface area contributed by atoms with Gasteiger partial charge in [-0.2, -0.15) is 0 Å². The third kappa shape index (κ3) is 1.94. The van der Waals surface area contributed by atoms with Gasteiger partial charge in [0, 0.05) is 6.61 Å². The average molecular weight is 186 g/mol. The SMILES string of the molecule is CCOCn1nnc(C(=O)O)c1N. The largest absolute Gasteiger partial charge is 0.476 e. The van der Waals surface area contributed by atoms with Gasteiger partial charge >= 0.3 is 5.97 Å². The molecule has 0 saturated heterocycles. The van der Waals surface area contributed by atoms with Crippen LogP contribution in [0, 0.1) is 0 Å². The summed E-state index contributed by atoms with van der Waals surface area (Å²) in [6.07, 6.45) is 0. The Kier molecular flexibility index (Phi) is 2.80. The third-order valence-corrected chi connectivity index (χ3v) is 1.39. The Hall–Kier alpha value is -1.63. The summed E-state index contributed by atoms with van der Waals surface area (Å²) in [5, 5.41) is 15.5. The van der Waals surface area contributed by atoms with Crippen LogP contribution in [0.1, 0.15) is 17.4 Å². The molecule has 0 saturated carbocycles. The Balaban J connectivity index is 2.80. The number of hydrogen-bond donors (Lipinski definition) is 2. The highest BCUT2D eigenvalue weighted by Gasteiger charge is 2.15. The van der Waals surface area contributed by atoms with Crippen LogP contribution in [0.5, 0.6) is 0 Å². The van der Waals surface area contributed by atoms with Crippen molar-refractivity contribution in [3.05, 3.63) is 5.69 Å². The number of carbonyl (C=O) groups is 1. The zero-order valence-electron chi connectivity index (χ0n) is 7.10.